The van der Waals surface area contributed by atoms with Crippen molar-refractivity contribution in [2.24, 2.45) is 11.3 Å². The Bertz CT molecular complexity index is 1020. The van der Waals surface area contributed by atoms with Crippen molar-refractivity contribution in [2.45, 2.75) is 58.2 Å². The Balaban J connectivity index is 1.55. The van der Waals surface area contributed by atoms with E-state index in [1.807, 2.05) is 32.3 Å². The first-order valence-electron chi connectivity index (χ1n) is 10.3. The van der Waals surface area contributed by atoms with Crippen molar-refractivity contribution in [3.63, 3.8) is 0 Å². The number of rotatable bonds is 7. The second-order valence-corrected chi connectivity index (χ2v) is 11.1. The van der Waals surface area contributed by atoms with Crippen LogP contribution in [-0.4, -0.2) is 56.9 Å². The van der Waals surface area contributed by atoms with Gasteiger partial charge in [-0.1, -0.05) is 11.6 Å². The third-order valence-corrected chi connectivity index (χ3v) is 8.95. The van der Waals surface area contributed by atoms with Crippen LogP contribution in [0, 0.1) is 11.3 Å². The van der Waals surface area contributed by atoms with Gasteiger partial charge in [-0.05, 0) is 40.0 Å². The largest absolute Gasteiger partial charge is 0.344 e. The molecule has 11 heteroatoms. The maximum absolute atomic E-state index is 13.4. The minimum atomic E-state index is -3.25. The van der Waals surface area contributed by atoms with Crippen molar-refractivity contribution >= 4 is 30.4 Å². The van der Waals surface area contributed by atoms with E-state index < -0.39 is 13.4 Å². The summed E-state index contributed by atoms with van der Waals surface area (Å²) in [5.74, 6) is -0.553. The minimum absolute atomic E-state index is 0.0653. The summed E-state index contributed by atoms with van der Waals surface area (Å²) in [5, 5.41) is 0.316. The van der Waals surface area contributed by atoms with E-state index in [1.165, 1.54) is 6.33 Å². The lowest BCUT2D eigenvalue weighted by atomic mass is 10.0. The Labute approximate surface area is 180 Å². The Hall–Kier alpha value is -1.09. The topological polar surface area (TPSA) is 97.6 Å². The summed E-state index contributed by atoms with van der Waals surface area (Å²) in [5.41, 5.74) is 0.880. The van der Waals surface area contributed by atoms with Gasteiger partial charge in [-0.3, -0.25) is 4.57 Å². The van der Waals surface area contributed by atoms with Crippen molar-refractivity contribution in [1.29, 1.82) is 0 Å². The van der Waals surface area contributed by atoms with Crippen LogP contribution in [0.4, 0.5) is 0 Å². The maximum Gasteiger partial charge on any atom is 0.331 e. The number of halogens is 1. The molecule has 1 saturated heterocycles. The van der Waals surface area contributed by atoms with Gasteiger partial charge >= 0.3 is 7.60 Å². The van der Waals surface area contributed by atoms with Crippen molar-refractivity contribution < 1.29 is 23.1 Å². The first-order valence-corrected chi connectivity index (χ1v) is 12.4. The summed E-state index contributed by atoms with van der Waals surface area (Å²) in [4.78, 5) is 12.9. The highest BCUT2D eigenvalue weighted by Crippen LogP contribution is 2.75. The molecule has 0 spiro atoms. The summed E-state index contributed by atoms with van der Waals surface area (Å²) in [7, 11) is -3.25. The van der Waals surface area contributed by atoms with Crippen molar-refractivity contribution in [1.82, 2.24) is 19.5 Å². The number of hydrogen-bond acceptors (Lipinski definition) is 8. The zero-order valence-electron chi connectivity index (χ0n) is 17.4. The Morgan fingerprint density at radius 3 is 2.67 bits per heavy atom. The van der Waals surface area contributed by atoms with Crippen LogP contribution in [0.3, 0.4) is 0 Å². The lowest BCUT2D eigenvalue weighted by Crippen LogP contribution is -2.33. The van der Waals surface area contributed by atoms with Gasteiger partial charge in [-0.2, -0.15) is 0 Å². The number of aromatic nitrogens is 4. The molecular formula is C19H26ClN4O5P. The molecule has 0 N–H and O–H groups in total. The fourth-order valence-corrected chi connectivity index (χ4v) is 7.88. The van der Waals surface area contributed by atoms with Crippen molar-refractivity contribution in [3.05, 3.63) is 17.8 Å². The summed E-state index contributed by atoms with van der Waals surface area (Å²) in [6.07, 6.45) is 3.89. The molecule has 5 rings (SSSR count). The zero-order valence-corrected chi connectivity index (χ0v) is 19.1. The van der Waals surface area contributed by atoms with E-state index in [0.717, 1.165) is 6.42 Å². The summed E-state index contributed by atoms with van der Waals surface area (Å²) < 4.78 is 39.3. The van der Waals surface area contributed by atoms with Crippen LogP contribution in [0.5, 0.6) is 0 Å². The SMILES string of the molecule is CCOP(=O)(C[C@@]12C[C@@H]1[C@@H](n1cnc3c(Cl)ncnc31)[C@@H]1OC(C)(C)O[C@@H]12)OCC. The minimum Gasteiger partial charge on any atom is -0.344 e. The standard InChI is InChI=1S/C19H26ClN4O5P/c1-5-26-30(25,27-6-2)8-19-7-11(19)13(14-15(19)29-18(3,4)28-14)24-10-23-12-16(20)21-9-22-17(12)24/h9-11,13-15H,5-8H2,1-4H3/t11-,13-,14+,15+,19+/m1/s1. The first kappa shape index (κ1) is 20.8. The molecular weight excluding hydrogens is 431 g/mol. The summed E-state index contributed by atoms with van der Waals surface area (Å²) >= 11 is 6.21. The second-order valence-electron chi connectivity index (χ2n) is 8.65. The molecule has 164 valence electrons. The number of hydrogen-bond donors (Lipinski definition) is 0. The molecule has 9 nitrogen and oxygen atoms in total. The Kier molecular flexibility index (Phi) is 4.82. The van der Waals surface area contributed by atoms with Gasteiger partial charge in [-0.25, -0.2) is 15.0 Å². The molecule has 1 aliphatic heterocycles. The maximum atomic E-state index is 13.4. The van der Waals surface area contributed by atoms with E-state index in [0.29, 0.717) is 35.7 Å². The lowest BCUT2D eigenvalue weighted by molar-refractivity contribution is -0.160. The molecule has 0 bridgehead atoms. The van der Waals surface area contributed by atoms with Crippen LogP contribution in [0.15, 0.2) is 12.7 Å². The third-order valence-electron chi connectivity index (χ3n) is 6.40. The van der Waals surface area contributed by atoms with Gasteiger partial charge < -0.3 is 23.1 Å². The van der Waals surface area contributed by atoms with Crippen molar-refractivity contribution in [2.75, 3.05) is 19.4 Å². The molecule has 3 heterocycles. The molecule has 2 aliphatic carbocycles. The fourth-order valence-electron chi connectivity index (χ4n) is 5.40. The third kappa shape index (κ3) is 3.05. The van der Waals surface area contributed by atoms with Gasteiger partial charge in [0.05, 0.1) is 37.8 Å². The van der Waals surface area contributed by atoms with Gasteiger partial charge in [0.1, 0.15) is 17.9 Å². The highest BCUT2D eigenvalue weighted by Gasteiger charge is 2.77. The predicted octanol–water partition coefficient (Wildman–Crippen LogP) is 3.83. The highest BCUT2D eigenvalue weighted by molar-refractivity contribution is 7.53. The van der Waals surface area contributed by atoms with Gasteiger partial charge in [0.25, 0.3) is 0 Å². The molecule has 0 unspecified atom stereocenters. The number of ether oxygens (including phenoxy) is 2. The molecule has 3 aliphatic rings. The normalized spacial score (nSPS) is 34.3. The first-order chi connectivity index (χ1) is 14.2. The van der Waals surface area contributed by atoms with Gasteiger partial charge in [0.15, 0.2) is 16.6 Å². The van der Waals surface area contributed by atoms with E-state index in [4.69, 9.17) is 30.1 Å². The van der Waals surface area contributed by atoms with Crippen LogP contribution in [0.25, 0.3) is 11.2 Å². The van der Waals surface area contributed by atoms with E-state index in [9.17, 15) is 4.57 Å². The van der Waals surface area contributed by atoms with Crippen LogP contribution in [0.1, 0.15) is 40.2 Å². The summed E-state index contributed by atoms with van der Waals surface area (Å²) in [6, 6.07) is -0.0653. The zero-order chi connectivity index (χ0) is 21.3. The fraction of sp³-hybridized carbons (Fsp3) is 0.737. The van der Waals surface area contributed by atoms with Gasteiger partial charge in [0.2, 0.25) is 0 Å². The van der Waals surface area contributed by atoms with Crippen LogP contribution < -0.4 is 0 Å². The van der Waals surface area contributed by atoms with Crippen molar-refractivity contribution in [3.8, 4) is 0 Å². The predicted molar refractivity (Wildman–Crippen MR) is 109 cm³/mol. The lowest BCUT2D eigenvalue weighted by Gasteiger charge is -2.27. The molecule has 2 aromatic rings. The Morgan fingerprint density at radius 2 is 1.97 bits per heavy atom. The number of imidazole rings is 1. The van der Waals surface area contributed by atoms with E-state index >= 15 is 0 Å². The molecule has 5 atom stereocenters. The quantitative estimate of drug-likeness (QED) is 0.458. The monoisotopic (exact) mass is 456 g/mol. The van der Waals surface area contributed by atoms with Crippen LogP contribution in [0.2, 0.25) is 5.15 Å². The van der Waals surface area contributed by atoms with Crippen LogP contribution in [-0.2, 0) is 23.1 Å². The molecule has 0 radical (unpaired) electrons. The molecule has 2 aromatic heterocycles. The number of nitrogens with zero attached hydrogens (tertiary/aromatic N) is 4. The second kappa shape index (κ2) is 6.95. The molecule has 2 saturated carbocycles. The average Bonchev–Trinajstić information content (AvgIpc) is 2.94. The van der Waals surface area contributed by atoms with E-state index in [-0.39, 0.29) is 29.6 Å². The molecule has 0 aromatic carbocycles. The number of fused-ring (bicyclic) bond motifs is 4. The molecule has 30 heavy (non-hydrogen) atoms. The smallest absolute Gasteiger partial charge is 0.331 e. The van der Waals surface area contributed by atoms with Gasteiger partial charge in [-0.15, -0.1) is 0 Å². The molecule has 0 amide bonds. The van der Waals surface area contributed by atoms with E-state index in [2.05, 4.69) is 15.0 Å². The van der Waals surface area contributed by atoms with Crippen LogP contribution >= 0.6 is 19.2 Å². The Morgan fingerprint density at radius 1 is 1.23 bits per heavy atom. The average molecular weight is 457 g/mol. The van der Waals surface area contributed by atoms with Gasteiger partial charge in [0, 0.05) is 5.41 Å². The van der Waals surface area contributed by atoms with E-state index in [1.54, 1.807) is 6.33 Å². The highest BCUT2D eigenvalue weighted by atomic mass is 35.5. The summed E-state index contributed by atoms with van der Waals surface area (Å²) in [6.45, 7) is 8.13. The molecule has 3 fully saturated rings.